The topological polar surface area (TPSA) is 104 Å². The first-order valence-corrected chi connectivity index (χ1v) is 10.6. The fourth-order valence-electron chi connectivity index (χ4n) is 3.53. The Bertz CT molecular complexity index is 1340. The summed E-state index contributed by atoms with van der Waals surface area (Å²) in [5.41, 5.74) is 9.01. The van der Waals surface area contributed by atoms with E-state index in [1.807, 2.05) is 30.3 Å². The highest BCUT2D eigenvalue weighted by Crippen LogP contribution is 2.38. The van der Waals surface area contributed by atoms with Crippen LogP contribution in [0.3, 0.4) is 0 Å². The van der Waals surface area contributed by atoms with Crippen LogP contribution >= 0.6 is 11.3 Å². The average molecular weight is 433 g/mol. The molecule has 0 spiro atoms. The highest BCUT2D eigenvalue weighted by Gasteiger charge is 2.19. The summed E-state index contributed by atoms with van der Waals surface area (Å²) < 4.78 is 11.3. The SMILES string of the molecule is CC(=O)c1ccc(CNC(=O)c2sc3nc4cc5c(cc4cc3c2N)OCCO5)cc1. The number of nitrogens with two attached hydrogens (primary N) is 1. The number of aromatic nitrogens is 1. The fraction of sp³-hybridized carbons (Fsp3) is 0.174. The van der Waals surface area contributed by atoms with Gasteiger partial charge in [-0.3, -0.25) is 9.59 Å². The van der Waals surface area contributed by atoms with Crippen LogP contribution in [0.4, 0.5) is 5.69 Å². The van der Waals surface area contributed by atoms with E-state index in [0.29, 0.717) is 52.2 Å². The molecule has 5 rings (SSSR count). The minimum Gasteiger partial charge on any atom is -0.486 e. The summed E-state index contributed by atoms with van der Waals surface area (Å²) in [6, 6.07) is 12.8. The Kier molecular flexibility index (Phi) is 4.71. The van der Waals surface area contributed by atoms with Crippen molar-refractivity contribution < 1.29 is 19.1 Å². The van der Waals surface area contributed by atoms with Crippen molar-refractivity contribution >= 4 is 49.8 Å². The number of nitrogens with zero attached hydrogens (tertiary/aromatic N) is 1. The minimum atomic E-state index is -0.258. The van der Waals surface area contributed by atoms with Crippen molar-refractivity contribution in [1.82, 2.24) is 10.3 Å². The average Bonchev–Trinajstić information content (AvgIpc) is 3.10. The van der Waals surface area contributed by atoms with Gasteiger partial charge in [-0.15, -0.1) is 11.3 Å². The number of nitrogens with one attached hydrogen (secondary N) is 1. The number of hydrogen-bond acceptors (Lipinski definition) is 7. The van der Waals surface area contributed by atoms with Crippen molar-refractivity contribution in [2.75, 3.05) is 18.9 Å². The zero-order valence-electron chi connectivity index (χ0n) is 16.7. The molecule has 1 aliphatic rings. The summed E-state index contributed by atoms with van der Waals surface area (Å²) in [5.74, 6) is 1.10. The molecule has 2 aromatic carbocycles. The third-order valence-electron chi connectivity index (χ3n) is 5.20. The number of benzene rings is 2. The molecule has 0 atom stereocenters. The lowest BCUT2D eigenvalue weighted by Crippen LogP contribution is -2.22. The summed E-state index contributed by atoms with van der Waals surface area (Å²) in [5, 5.41) is 4.51. The van der Waals surface area contributed by atoms with Gasteiger partial charge < -0.3 is 20.5 Å². The molecule has 7 nitrogen and oxygen atoms in total. The largest absolute Gasteiger partial charge is 0.486 e. The maximum absolute atomic E-state index is 12.8. The maximum atomic E-state index is 12.8. The van der Waals surface area contributed by atoms with E-state index in [0.717, 1.165) is 21.9 Å². The van der Waals surface area contributed by atoms with E-state index in [4.69, 9.17) is 15.2 Å². The van der Waals surface area contributed by atoms with Crippen LogP contribution in [-0.4, -0.2) is 29.9 Å². The Hall–Kier alpha value is -3.65. The van der Waals surface area contributed by atoms with Crippen LogP contribution in [0.15, 0.2) is 42.5 Å². The minimum absolute atomic E-state index is 0.00694. The number of pyridine rings is 1. The molecule has 0 saturated carbocycles. The van der Waals surface area contributed by atoms with Gasteiger partial charge in [-0.1, -0.05) is 24.3 Å². The van der Waals surface area contributed by atoms with E-state index in [-0.39, 0.29) is 11.7 Å². The number of amides is 1. The van der Waals surface area contributed by atoms with Gasteiger partial charge >= 0.3 is 0 Å². The van der Waals surface area contributed by atoms with Gasteiger partial charge in [0.2, 0.25) is 0 Å². The lowest BCUT2D eigenvalue weighted by Gasteiger charge is -2.18. The molecule has 0 fully saturated rings. The number of thiophene rings is 1. The number of anilines is 1. The number of carbonyl (C=O) groups excluding carboxylic acids is 2. The van der Waals surface area contributed by atoms with E-state index in [9.17, 15) is 9.59 Å². The normalized spacial score (nSPS) is 12.8. The molecule has 2 aromatic heterocycles. The third kappa shape index (κ3) is 3.55. The van der Waals surface area contributed by atoms with Gasteiger partial charge in [-0.05, 0) is 24.6 Å². The smallest absolute Gasteiger partial charge is 0.263 e. The zero-order valence-corrected chi connectivity index (χ0v) is 17.5. The van der Waals surface area contributed by atoms with Gasteiger partial charge in [0, 0.05) is 28.9 Å². The lowest BCUT2D eigenvalue weighted by atomic mass is 10.1. The number of ketones is 1. The maximum Gasteiger partial charge on any atom is 0.263 e. The molecule has 1 aliphatic heterocycles. The van der Waals surface area contributed by atoms with Crippen molar-refractivity contribution in [2.24, 2.45) is 0 Å². The van der Waals surface area contributed by atoms with Crippen LogP contribution < -0.4 is 20.5 Å². The van der Waals surface area contributed by atoms with Gasteiger partial charge in [0.15, 0.2) is 17.3 Å². The molecule has 0 saturated heterocycles. The highest BCUT2D eigenvalue weighted by atomic mass is 32.1. The van der Waals surface area contributed by atoms with Crippen molar-refractivity contribution in [2.45, 2.75) is 13.5 Å². The van der Waals surface area contributed by atoms with Crippen molar-refractivity contribution in [3.63, 3.8) is 0 Å². The Balaban J connectivity index is 1.42. The Morgan fingerprint density at radius 3 is 2.52 bits per heavy atom. The first-order valence-electron chi connectivity index (χ1n) is 9.80. The van der Waals surface area contributed by atoms with Crippen LogP contribution in [-0.2, 0) is 6.54 Å². The van der Waals surface area contributed by atoms with E-state index >= 15 is 0 Å². The highest BCUT2D eigenvalue weighted by molar-refractivity contribution is 7.21. The molecular formula is C23H19N3O4S. The molecule has 31 heavy (non-hydrogen) atoms. The van der Waals surface area contributed by atoms with Crippen LogP contribution in [0.25, 0.3) is 21.1 Å². The summed E-state index contributed by atoms with van der Waals surface area (Å²) in [6.07, 6.45) is 0. The molecule has 0 bridgehead atoms. The third-order valence-corrected chi connectivity index (χ3v) is 6.31. The Labute approximate surface area is 181 Å². The van der Waals surface area contributed by atoms with Crippen LogP contribution in [0.2, 0.25) is 0 Å². The second-order valence-electron chi connectivity index (χ2n) is 7.31. The summed E-state index contributed by atoms with van der Waals surface area (Å²) >= 11 is 1.26. The van der Waals surface area contributed by atoms with E-state index < -0.39 is 0 Å². The Morgan fingerprint density at radius 2 is 1.81 bits per heavy atom. The van der Waals surface area contributed by atoms with Gasteiger partial charge in [0.1, 0.15) is 22.9 Å². The predicted octanol–water partition coefficient (Wildman–Crippen LogP) is 3.94. The number of rotatable bonds is 4. The second kappa shape index (κ2) is 7.55. The quantitative estimate of drug-likeness (QED) is 0.473. The molecule has 3 heterocycles. The monoisotopic (exact) mass is 433 g/mol. The second-order valence-corrected chi connectivity index (χ2v) is 8.31. The molecule has 156 valence electrons. The molecule has 0 aliphatic carbocycles. The van der Waals surface area contributed by atoms with Crippen molar-refractivity contribution in [1.29, 1.82) is 0 Å². The van der Waals surface area contributed by atoms with E-state index in [2.05, 4.69) is 10.3 Å². The van der Waals surface area contributed by atoms with Crippen LogP contribution in [0, 0.1) is 0 Å². The molecule has 1 amide bonds. The van der Waals surface area contributed by atoms with E-state index in [1.165, 1.54) is 18.3 Å². The van der Waals surface area contributed by atoms with Crippen LogP contribution in [0.1, 0.15) is 32.5 Å². The number of carbonyl (C=O) groups is 2. The zero-order chi connectivity index (χ0) is 21.5. The van der Waals surface area contributed by atoms with Gasteiger partial charge in [0.05, 0.1) is 11.2 Å². The fourth-order valence-corrected chi connectivity index (χ4v) is 4.53. The van der Waals surface area contributed by atoms with Gasteiger partial charge in [-0.2, -0.15) is 0 Å². The molecule has 0 radical (unpaired) electrons. The lowest BCUT2D eigenvalue weighted by molar-refractivity contribution is 0.0954. The Morgan fingerprint density at radius 1 is 1.10 bits per heavy atom. The van der Waals surface area contributed by atoms with Crippen molar-refractivity contribution in [3.8, 4) is 11.5 Å². The van der Waals surface area contributed by atoms with Gasteiger partial charge in [-0.25, -0.2) is 4.98 Å². The standard InChI is InChI=1S/C23H19N3O4S/c1-12(27)14-4-2-13(3-5-14)11-25-22(28)21-20(24)16-8-15-9-18-19(30-7-6-29-18)10-17(15)26-23(16)31-21/h2-5,8-10H,6-7,11,24H2,1H3,(H,25,28). The van der Waals surface area contributed by atoms with E-state index in [1.54, 1.807) is 12.1 Å². The molecular weight excluding hydrogens is 414 g/mol. The molecule has 4 aromatic rings. The van der Waals surface area contributed by atoms with Gasteiger partial charge in [0.25, 0.3) is 5.91 Å². The molecule has 8 heteroatoms. The summed E-state index contributed by atoms with van der Waals surface area (Å²) in [7, 11) is 0. The number of nitrogen functional groups attached to an aromatic ring is 1. The first kappa shape index (κ1) is 19.3. The number of ether oxygens (including phenoxy) is 2. The van der Waals surface area contributed by atoms with Crippen molar-refractivity contribution in [3.05, 3.63) is 58.5 Å². The van der Waals surface area contributed by atoms with Crippen LogP contribution in [0.5, 0.6) is 11.5 Å². The summed E-state index contributed by atoms with van der Waals surface area (Å²) in [6.45, 7) is 2.88. The number of hydrogen-bond donors (Lipinski definition) is 2. The first-order chi connectivity index (χ1) is 15.0. The molecule has 0 unspecified atom stereocenters. The number of fused-ring (bicyclic) bond motifs is 3. The summed E-state index contributed by atoms with van der Waals surface area (Å²) in [4.78, 5) is 30.0. The molecule has 3 N–H and O–H groups in total. The predicted molar refractivity (Wildman–Crippen MR) is 120 cm³/mol. The number of Topliss-reactive ketones (excluding diaryl/α,β-unsaturated/α-hetero) is 1.